The lowest BCUT2D eigenvalue weighted by Gasteiger charge is -2.16. The van der Waals surface area contributed by atoms with Crippen molar-refractivity contribution in [2.45, 2.75) is 12.5 Å². The van der Waals surface area contributed by atoms with Gasteiger partial charge in [-0.1, -0.05) is 35.5 Å². The van der Waals surface area contributed by atoms with Crippen LogP contribution in [0.15, 0.2) is 47.6 Å². The summed E-state index contributed by atoms with van der Waals surface area (Å²) in [6.45, 7) is 0. The second-order valence-corrected chi connectivity index (χ2v) is 5.40. The van der Waals surface area contributed by atoms with Crippen molar-refractivity contribution in [1.29, 1.82) is 0 Å². The zero-order chi connectivity index (χ0) is 15.7. The van der Waals surface area contributed by atoms with Gasteiger partial charge in [0.25, 0.3) is 0 Å². The van der Waals surface area contributed by atoms with Crippen LogP contribution in [0.4, 0.5) is 5.69 Å². The van der Waals surface area contributed by atoms with Gasteiger partial charge < -0.3 is 10.5 Å². The third kappa shape index (κ3) is 2.85. The number of nitrogens with one attached hydrogen (secondary N) is 1. The Morgan fingerprint density at radius 1 is 1.18 bits per heavy atom. The normalized spacial score (nSPS) is 17.0. The monoisotopic (exact) mass is 318 g/mol. The van der Waals surface area contributed by atoms with Crippen molar-refractivity contribution in [2.75, 3.05) is 5.23 Å². The van der Waals surface area contributed by atoms with Gasteiger partial charge in [-0.05, 0) is 35.4 Å². The molecule has 0 aliphatic carbocycles. The summed E-state index contributed by atoms with van der Waals surface area (Å²) in [7, 11) is 0. The predicted octanol–water partition coefficient (Wildman–Crippen LogP) is 2.44. The summed E-state index contributed by atoms with van der Waals surface area (Å²) >= 11 is 5.87. The second-order valence-electron chi connectivity index (χ2n) is 4.97. The molecule has 0 saturated heterocycles. The molecule has 22 heavy (non-hydrogen) atoms. The minimum absolute atomic E-state index is 0.0252. The maximum Gasteiger partial charge on any atom is 0.0948 e. The highest BCUT2D eigenvalue weighted by Gasteiger charge is 2.22. The lowest BCUT2D eigenvalue weighted by atomic mass is 9.98. The summed E-state index contributed by atoms with van der Waals surface area (Å²) in [6, 6.07) is 11.3. The molecular weight excluding hydrogens is 306 g/mol. The number of halogens is 1. The van der Waals surface area contributed by atoms with Crippen LogP contribution in [-0.4, -0.2) is 16.1 Å². The number of hydrogen-bond donors (Lipinski definition) is 3. The molecule has 7 heteroatoms. The molecule has 1 aliphatic heterocycles. The fourth-order valence-corrected chi connectivity index (χ4v) is 2.49. The topological polar surface area (TPSA) is 91.2 Å². The third-order valence-corrected chi connectivity index (χ3v) is 3.78. The molecule has 1 aliphatic rings. The average molecular weight is 319 g/mol. The molecule has 0 saturated carbocycles. The van der Waals surface area contributed by atoms with Crippen molar-refractivity contribution in [3.63, 3.8) is 0 Å². The van der Waals surface area contributed by atoms with Crippen LogP contribution in [0.2, 0.25) is 5.02 Å². The first kappa shape index (κ1) is 14.6. The van der Waals surface area contributed by atoms with E-state index in [0.29, 0.717) is 22.7 Å². The van der Waals surface area contributed by atoms with E-state index >= 15 is 0 Å². The molecule has 2 aromatic carbocycles. The standard InChI is InChI=1S/C15H14ClN3O3/c16-10-3-1-9(2-4-10)13-8-14(18-17-13)12-7-11(19(21)22)5-6-15(12)20/h1-7,13,17,20-22H,8H2/p-1/t13-/m0/s1. The van der Waals surface area contributed by atoms with Crippen molar-refractivity contribution >= 4 is 23.0 Å². The Morgan fingerprint density at radius 2 is 1.91 bits per heavy atom. The van der Waals surface area contributed by atoms with Gasteiger partial charge in [0.05, 0.1) is 17.4 Å². The van der Waals surface area contributed by atoms with Gasteiger partial charge in [-0.2, -0.15) is 5.10 Å². The van der Waals surface area contributed by atoms with E-state index in [1.54, 1.807) is 12.1 Å². The Labute approximate surface area is 131 Å². The Bertz CT molecular complexity index is 716. The summed E-state index contributed by atoms with van der Waals surface area (Å²) < 4.78 is 0. The van der Waals surface area contributed by atoms with Crippen LogP contribution >= 0.6 is 11.6 Å². The summed E-state index contributed by atoms with van der Waals surface area (Å²) in [5, 5.41) is 34.9. The van der Waals surface area contributed by atoms with Crippen molar-refractivity contribution in [1.82, 2.24) is 5.43 Å². The minimum atomic E-state index is -0.220. The maximum atomic E-state index is 12.0. The van der Waals surface area contributed by atoms with E-state index in [9.17, 15) is 5.11 Å². The van der Waals surface area contributed by atoms with Gasteiger partial charge in [-0.3, -0.25) is 10.4 Å². The van der Waals surface area contributed by atoms with Crippen molar-refractivity contribution in [2.24, 2.45) is 5.10 Å². The van der Waals surface area contributed by atoms with E-state index in [2.05, 4.69) is 10.5 Å². The van der Waals surface area contributed by atoms with Crippen molar-refractivity contribution in [3.8, 4) is 5.75 Å². The van der Waals surface area contributed by atoms with Crippen LogP contribution in [0.3, 0.4) is 0 Å². The fraction of sp³-hybridized carbons (Fsp3) is 0.133. The lowest BCUT2D eigenvalue weighted by Crippen LogP contribution is -2.13. The number of anilines is 1. The first-order valence-corrected chi connectivity index (χ1v) is 6.99. The molecule has 1 atom stereocenters. The largest absolute Gasteiger partial charge is 0.872 e. The molecular formula is C15H13ClN3O3-. The highest BCUT2D eigenvalue weighted by molar-refractivity contribution is 6.30. The molecule has 0 amide bonds. The molecule has 0 aromatic heterocycles. The van der Waals surface area contributed by atoms with Gasteiger partial charge in [0.2, 0.25) is 0 Å². The molecule has 2 aromatic rings. The van der Waals surface area contributed by atoms with E-state index in [1.807, 2.05) is 12.1 Å². The number of rotatable bonds is 3. The number of nitrogens with zero attached hydrogens (tertiary/aromatic N) is 2. The van der Waals surface area contributed by atoms with Gasteiger partial charge in [0.15, 0.2) is 0 Å². The average Bonchev–Trinajstić information content (AvgIpc) is 2.98. The predicted molar refractivity (Wildman–Crippen MR) is 80.4 cm³/mol. The molecule has 6 nitrogen and oxygen atoms in total. The van der Waals surface area contributed by atoms with E-state index in [0.717, 1.165) is 5.56 Å². The second kappa shape index (κ2) is 5.84. The van der Waals surface area contributed by atoms with Crippen molar-refractivity contribution < 1.29 is 15.5 Å². The van der Waals surface area contributed by atoms with E-state index in [4.69, 9.17) is 22.0 Å². The zero-order valence-electron chi connectivity index (χ0n) is 11.4. The summed E-state index contributed by atoms with van der Waals surface area (Å²) in [6.07, 6.45) is 0.525. The first-order chi connectivity index (χ1) is 10.5. The molecule has 0 unspecified atom stereocenters. The number of benzene rings is 2. The summed E-state index contributed by atoms with van der Waals surface area (Å²) in [5.74, 6) is -0.220. The zero-order valence-corrected chi connectivity index (χ0v) is 12.2. The summed E-state index contributed by atoms with van der Waals surface area (Å²) in [4.78, 5) is 0. The Balaban J connectivity index is 1.83. The first-order valence-electron chi connectivity index (χ1n) is 6.61. The Hall–Kier alpha value is -2.28. The third-order valence-electron chi connectivity index (χ3n) is 3.53. The highest BCUT2D eigenvalue weighted by Crippen LogP contribution is 2.29. The van der Waals surface area contributed by atoms with Crippen LogP contribution in [-0.2, 0) is 0 Å². The molecule has 3 rings (SSSR count). The van der Waals surface area contributed by atoms with Crippen LogP contribution < -0.4 is 15.8 Å². The highest BCUT2D eigenvalue weighted by atomic mass is 35.5. The van der Waals surface area contributed by atoms with Gasteiger partial charge >= 0.3 is 0 Å². The van der Waals surface area contributed by atoms with E-state index < -0.39 is 0 Å². The number of hydrazone groups is 1. The van der Waals surface area contributed by atoms with Gasteiger partial charge in [0, 0.05) is 11.4 Å². The Morgan fingerprint density at radius 3 is 2.59 bits per heavy atom. The smallest absolute Gasteiger partial charge is 0.0948 e. The van der Waals surface area contributed by atoms with Crippen molar-refractivity contribution in [3.05, 3.63) is 58.6 Å². The molecule has 3 N–H and O–H groups in total. The van der Waals surface area contributed by atoms with Crippen LogP contribution in [0, 0.1) is 0 Å². The minimum Gasteiger partial charge on any atom is -0.872 e. The van der Waals surface area contributed by atoms with Crippen LogP contribution in [0.1, 0.15) is 23.6 Å². The molecule has 0 fully saturated rings. The number of hydrogen-bond acceptors (Lipinski definition) is 6. The molecule has 0 radical (unpaired) electrons. The molecule has 0 spiro atoms. The fourth-order valence-electron chi connectivity index (χ4n) is 2.37. The van der Waals surface area contributed by atoms with Crippen LogP contribution in [0.25, 0.3) is 0 Å². The van der Waals surface area contributed by atoms with Crippen LogP contribution in [0.5, 0.6) is 5.75 Å². The molecule has 0 bridgehead atoms. The van der Waals surface area contributed by atoms with Gasteiger partial charge in [-0.25, -0.2) is 0 Å². The van der Waals surface area contributed by atoms with E-state index in [1.165, 1.54) is 18.2 Å². The summed E-state index contributed by atoms with van der Waals surface area (Å²) in [5.41, 5.74) is 5.02. The quantitative estimate of drug-likeness (QED) is 0.756. The lowest BCUT2D eigenvalue weighted by molar-refractivity contribution is -0.268. The SMILES string of the molecule is [O-]c1ccc(N(O)O)cc1C1=NN[C@H](c2ccc(Cl)cc2)C1. The van der Waals surface area contributed by atoms with Gasteiger partial charge in [0.1, 0.15) is 0 Å². The maximum absolute atomic E-state index is 12.0. The molecule has 1 heterocycles. The van der Waals surface area contributed by atoms with Gasteiger partial charge in [-0.15, -0.1) is 5.23 Å². The van der Waals surface area contributed by atoms with E-state index in [-0.39, 0.29) is 22.7 Å². The Kier molecular flexibility index (Phi) is 3.89. The molecule has 114 valence electrons.